The van der Waals surface area contributed by atoms with Crippen molar-refractivity contribution < 1.29 is 13.2 Å². The number of rotatable bonds is 2. The fourth-order valence-corrected chi connectivity index (χ4v) is 2.78. The number of aromatic nitrogens is 2. The minimum absolute atomic E-state index is 0.0936. The van der Waals surface area contributed by atoms with Gasteiger partial charge >= 0.3 is 0 Å². The molecule has 7 heteroatoms. The number of halogens is 1. The van der Waals surface area contributed by atoms with Crippen LogP contribution in [0, 0.1) is 0 Å². The van der Waals surface area contributed by atoms with Gasteiger partial charge in [0.15, 0.2) is 0 Å². The number of ether oxygens (including phenoxy) is 1. The normalized spacial score (nSPS) is 19.3. The predicted octanol–water partition coefficient (Wildman–Crippen LogP) is 1.23. The van der Waals surface area contributed by atoms with Crippen molar-refractivity contribution in [1.29, 1.82) is 0 Å². The Morgan fingerprint density at radius 3 is 2.73 bits per heavy atom. The van der Waals surface area contributed by atoms with E-state index in [-0.39, 0.29) is 10.8 Å². The average molecular weight is 251 g/mol. The summed E-state index contributed by atoms with van der Waals surface area (Å²) in [5.41, 5.74) is 0.605. The van der Waals surface area contributed by atoms with Crippen LogP contribution in [0.1, 0.15) is 24.5 Å². The van der Waals surface area contributed by atoms with Crippen LogP contribution in [0.5, 0.6) is 0 Å². The molecule has 1 aromatic heterocycles. The van der Waals surface area contributed by atoms with Gasteiger partial charge in [-0.2, -0.15) is 5.10 Å². The summed E-state index contributed by atoms with van der Waals surface area (Å²) in [5.74, 6) is 0.143. The molecule has 5 nitrogen and oxygen atoms in total. The van der Waals surface area contributed by atoms with E-state index in [0.717, 1.165) is 12.8 Å². The predicted molar refractivity (Wildman–Crippen MR) is 54.4 cm³/mol. The molecule has 1 aliphatic heterocycles. The van der Waals surface area contributed by atoms with Crippen molar-refractivity contribution in [2.45, 2.75) is 23.7 Å². The topological polar surface area (TPSA) is 72.0 Å². The highest BCUT2D eigenvalue weighted by Gasteiger charge is 2.25. The van der Waals surface area contributed by atoms with Crippen molar-refractivity contribution in [2.24, 2.45) is 0 Å². The molecule has 1 aliphatic rings. The van der Waals surface area contributed by atoms with Crippen LogP contribution in [0.25, 0.3) is 0 Å². The molecule has 2 heterocycles. The van der Waals surface area contributed by atoms with Crippen molar-refractivity contribution in [1.82, 2.24) is 10.2 Å². The van der Waals surface area contributed by atoms with Gasteiger partial charge in [0.05, 0.1) is 11.9 Å². The molecule has 0 aromatic carbocycles. The van der Waals surface area contributed by atoms with Gasteiger partial charge in [-0.1, -0.05) is 0 Å². The van der Waals surface area contributed by atoms with Crippen molar-refractivity contribution in [3.05, 3.63) is 11.9 Å². The van der Waals surface area contributed by atoms with E-state index in [1.165, 1.54) is 6.20 Å². The minimum Gasteiger partial charge on any atom is -0.381 e. The second-order valence-electron chi connectivity index (χ2n) is 3.47. The first kappa shape index (κ1) is 10.9. The molecule has 0 amide bonds. The molecule has 15 heavy (non-hydrogen) atoms. The summed E-state index contributed by atoms with van der Waals surface area (Å²) in [6.07, 6.45) is 2.84. The molecular formula is C8H11ClN2O3S. The molecular weight excluding hydrogens is 240 g/mol. The molecule has 1 fully saturated rings. The lowest BCUT2D eigenvalue weighted by Crippen LogP contribution is -2.15. The SMILES string of the molecule is O=S(=O)(Cl)c1cn[nH]c1C1CCOCC1. The van der Waals surface area contributed by atoms with E-state index >= 15 is 0 Å². The van der Waals surface area contributed by atoms with Crippen molar-refractivity contribution in [3.63, 3.8) is 0 Å². The van der Waals surface area contributed by atoms with E-state index in [4.69, 9.17) is 15.4 Å². The van der Waals surface area contributed by atoms with Crippen molar-refractivity contribution in [2.75, 3.05) is 13.2 Å². The Morgan fingerprint density at radius 1 is 1.47 bits per heavy atom. The van der Waals surface area contributed by atoms with E-state index in [1.54, 1.807) is 0 Å². The van der Waals surface area contributed by atoms with Crippen LogP contribution >= 0.6 is 10.7 Å². The molecule has 1 N–H and O–H groups in total. The van der Waals surface area contributed by atoms with Gasteiger partial charge in [-0.25, -0.2) is 8.42 Å². The number of nitrogens with zero attached hydrogens (tertiary/aromatic N) is 1. The Labute approximate surface area is 92.2 Å². The molecule has 1 saturated heterocycles. The molecule has 2 rings (SSSR count). The highest BCUT2D eigenvalue weighted by Crippen LogP contribution is 2.31. The maximum absolute atomic E-state index is 11.2. The maximum Gasteiger partial charge on any atom is 0.264 e. The number of aromatic amines is 1. The van der Waals surface area contributed by atoms with Gasteiger partial charge in [0.2, 0.25) is 0 Å². The zero-order valence-corrected chi connectivity index (χ0v) is 9.51. The molecule has 0 saturated carbocycles. The van der Waals surface area contributed by atoms with Crippen LogP contribution in [0.15, 0.2) is 11.1 Å². The largest absolute Gasteiger partial charge is 0.381 e. The van der Waals surface area contributed by atoms with E-state index in [9.17, 15) is 8.42 Å². The van der Waals surface area contributed by atoms with Crippen LogP contribution in [-0.4, -0.2) is 31.8 Å². The van der Waals surface area contributed by atoms with Gasteiger partial charge in [-0.05, 0) is 12.8 Å². The van der Waals surface area contributed by atoms with Crippen molar-refractivity contribution >= 4 is 19.7 Å². The number of H-pyrrole nitrogens is 1. The fraction of sp³-hybridized carbons (Fsp3) is 0.625. The summed E-state index contributed by atoms with van der Waals surface area (Å²) in [4.78, 5) is 0.0936. The first-order chi connectivity index (χ1) is 7.09. The standard InChI is InChI=1S/C8H11ClN2O3S/c9-15(12,13)7-5-10-11-8(7)6-1-3-14-4-2-6/h5-6H,1-4H2,(H,10,11). The third kappa shape index (κ3) is 2.32. The second-order valence-corrected chi connectivity index (χ2v) is 6.01. The monoisotopic (exact) mass is 250 g/mol. The summed E-state index contributed by atoms with van der Waals surface area (Å²) in [6.45, 7) is 1.29. The Bertz CT molecular complexity index is 436. The van der Waals surface area contributed by atoms with Crippen LogP contribution in [-0.2, 0) is 13.8 Å². The Morgan fingerprint density at radius 2 is 2.13 bits per heavy atom. The molecule has 0 radical (unpaired) electrons. The molecule has 84 valence electrons. The average Bonchev–Trinajstić information content (AvgIpc) is 2.67. The van der Waals surface area contributed by atoms with E-state index in [2.05, 4.69) is 10.2 Å². The lowest BCUT2D eigenvalue weighted by atomic mass is 9.97. The van der Waals surface area contributed by atoms with Gasteiger partial charge < -0.3 is 4.74 Å². The number of nitrogens with one attached hydrogen (secondary N) is 1. The summed E-state index contributed by atoms with van der Waals surface area (Å²) in [6, 6.07) is 0. The second kappa shape index (κ2) is 4.11. The number of hydrogen-bond donors (Lipinski definition) is 1. The van der Waals surface area contributed by atoms with Gasteiger partial charge in [0.25, 0.3) is 9.05 Å². The van der Waals surface area contributed by atoms with E-state index in [1.807, 2.05) is 0 Å². The number of hydrogen-bond acceptors (Lipinski definition) is 4. The first-order valence-corrected chi connectivity index (χ1v) is 6.95. The lowest BCUT2D eigenvalue weighted by Gasteiger charge is -2.21. The van der Waals surface area contributed by atoms with Gasteiger partial charge in [-0.15, -0.1) is 0 Å². The van der Waals surface area contributed by atoms with Crippen molar-refractivity contribution in [3.8, 4) is 0 Å². The highest BCUT2D eigenvalue weighted by molar-refractivity contribution is 8.13. The fourth-order valence-electron chi connectivity index (χ4n) is 1.76. The van der Waals surface area contributed by atoms with E-state index in [0.29, 0.717) is 18.9 Å². The molecule has 0 aliphatic carbocycles. The summed E-state index contributed by atoms with van der Waals surface area (Å²) < 4.78 is 27.7. The van der Waals surface area contributed by atoms with Crippen LogP contribution < -0.4 is 0 Å². The summed E-state index contributed by atoms with van der Waals surface area (Å²) >= 11 is 0. The lowest BCUT2D eigenvalue weighted by molar-refractivity contribution is 0.0839. The Kier molecular flexibility index (Phi) is 2.99. The molecule has 1 aromatic rings. The quantitative estimate of drug-likeness (QED) is 0.802. The van der Waals surface area contributed by atoms with Crippen LogP contribution in [0.3, 0.4) is 0 Å². The molecule has 0 bridgehead atoms. The maximum atomic E-state index is 11.2. The molecule has 0 atom stereocenters. The van der Waals surface area contributed by atoms with Crippen LogP contribution in [0.2, 0.25) is 0 Å². The van der Waals surface area contributed by atoms with Gasteiger partial charge in [-0.3, -0.25) is 5.10 Å². The molecule has 0 spiro atoms. The Balaban J connectivity index is 2.32. The smallest absolute Gasteiger partial charge is 0.264 e. The highest BCUT2D eigenvalue weighted by atomic mass is 35.7. The van der Waals surface area contributed by atoms with Crippen LogP contribution in [0.4, 0.5) is 0 Å². The van der Waals surface area contributed by atoms with Gasteiger partial charge in [0.1, 0.15) is 4.90 Å². The Hall–Kier alpha value is -0.590. The minimum atomic E-state index is -3.70. The van der Waals surface area contributed by atoms with E-state index < -0.39 is 9.05 Å². The van der Waals surface area contributed by atoms with Gasteiger partial charge in [0, 0.05) is 29.8 Å². The zero-order chi connectivity index (χ0) is 10.9. The third-order valence-corrected chi connectivity index (χ3v) is 3.87. The third-order valence-electron chi connectivity index (χ3n) is 2.52. The summed E-state index contributed by atoms with van der Waals surface area (Å²) in [7, 11) is 1.60. The zero-order valence-electron chi connectivity index (χ0n) is 7.94. The summed E-state index contributed by atoms with van der Waals surface area (Å²) in [5, 5.41) is 6.45. The first-order valence-electron chi connectivity index (χ1n) is 4.64. The molecule has 0 unspecified atom stereocenters.